The van der Waals surface area contributed by atoms with E-state index >= 15 is 0 Å². The molecule has 0 aliphatic carbocycles. The number of carbonyl (C=O) groups is 2. The number of aryl methyl sites for hydroxylation is 1. The van der Waals surface area contributed by atoms with E-state index in [4.69, 9.17) is 4.99 Å². The van der Waals surface area contributed by atoms with Gasteiger partial charge in [0.25, 0.3) is 5.91 Å². The Kier molecular flexibility index (Phi) is 8.84. The second kappa shape index (κ2) is 11.1. The number of halogens is 1. The predicted octanol–water partition coefficient (Wildman–Crippen LogP) is 1.55. The van der Waals surface area contributed by atoms with E-state index in [1.54, 1.807) is 34.8 Å². The second-order valence-electron chi connectivity index (χ2n) is 7.41. The molecule has 1 N–H and O–H groups in total. The molecule has 1 aliphatic rings. The Hall–Kier alpha value is -2.63. The number of guanidine groups is 1. The van der Waals surface area contributed by atoms with E-state index in [-0.39, 0.29) is 42.3 Å². The van der Waals surface area contributed by atoms with Crippen LogP contribution in [-0.2, 0) is 18.4 Å². The maximum absolute atomic E-state index is 12.7. The van der Waals surface area contributed by atoms with Crippen LogP contribution in [0, 0.1) is 0 Å². The van der Waals surface area contributed by atoms with Crippen LogP contribution in [0.2, 0.25) is 0 Å². The minimum Gasteiger partial charge on any atom is -0.356 e. The number of anilines is 1. The summed E-state index contributed by atoms with van der Waals surface area (Å²) in [6, 6.07) is 7.46. The van der Waals surface area contributed by atoms with Gasteiger partial charge in [-0.05, 0) is 24.6 Å². The Morgan fingerprint density at radius 3 is 2.48 bits per heavy atom. The Morgan fingerprint density at radius 1 is 1.23 bits per heavy atom. The van der Waals surface area contributed by atoms with Crippen molar-refractivity contribution in [3.63, 3.8) is 0 Å². The van der Waals surface area contributed by atoms with Crippen molar-refractivity contribution in [3.8, 4) is 0 Å². The molecule has 1 saturated heterocycles. The summed E-state index contributed by atoms with van der Waals surface area (Å²) in [6.07, 6.45) is 3.55. The van der Waals surface area contributed by atoms with Crippen molar-refractivity contribution in [1.29, 1.82) is 0 Å². The van der Waals surface area contributed by atoms with E-state index in [2.05, 4.69) is 10.4 Å². The fraction of sp³-hybridized carbons (Fsp3) is 0.429. The zero-order chi connectivity index (χ0) is 21.7. The van der Waals surface area contributed by atoms with Crippen LogP contribution in [0.4, 0.5) is 5.69 Å². The summed E-state index contributed by atoms with van der Waals surface area (Å²) in [5, 5.41) is 7.42. The van der Waals surface area contributed by atoms with Gasteiger partial charge in [-0.2, -0.15) is 5.10 Å². The van der Waals surface area contributed by atoms with Crippen LogP contribution < -0.4 is 10.2 Å². The SMILES string of the molecule is CCNC(=NCc1ccc(C(=O)N(C)C)cc1)N1CCN(c2cnn(C)c2)C(=O)C1.I. The number of nitrogens with one attached hydrogen (secondary N) is 1. The van der Waals surface area contributed by atoms with Crippen molar-refractivity contribution < 1.29 is 9.59 Å². The molecule has 0 spiro atoms. The number of rotatable bonds is 5. The number of benzene rings is 1. The Morgan fingerprint density at radius 2 is 1.94 bits per heavy atom. The number of nitrogens with zero attached hydrogens (tertiary/aromatic N) is 6. The van der Waals surface area contributed by atoms with Crippen LogP contribution in [0.1, 0.15) is 22.8 Å². The molecule has 0 radical (unpaired) electrons. The zero-order valence-corrected chi connectivity index (χ0v) is 20.7. The highest BCUT2D eigenvalue weighted by Gasteiger charge is 2.27. The van der Waals surface area contributed by atoms with Crippen LogP contribution >= 0.6 is 24.0 Å². The van der Waals surface area contributed by atoms with Crippen LogP contribution in [0.5, 0.6) is 0 Å². The fourth-order valence-electron chi connectivity index (χ4n) is 3.28. The van der Waals surface area contributed by atoms with Gasteiger partial charge in [0.05, 0.1) is 18.4 Å². The molecule has 1 aliphatic heterocycles. The molecule has 1 aromatic heterocycles. The summed E-state index contributed by atoms with van der Waals surface area (Å²) < 4.78 is 1.69. The number of hydrogen-bond acceptors (Lipinski definition) is 4. The molecule has 2 heterocycles. The van der Waals surface area contributed by atoms with Gasteiger partial charge in [0.2, 0.25) is 5.91 Å². The molecule has 1 fully saturated rings. The highest BCUT2D eigenvalue weighted by atomic mass is 127. The van der Waals surface area contributed by atoms with E-state index in [0.29, 0.717) is 37.7 Å². The summed E-state index contributed by atoms with van der Waals surface area (Å²) in [6.45, 7) is 4.71. The van der Waals surface area contributed by atoms with E-state index < -0.39 is 0 Å². The minimum atomic E-state index is -0.0246. The molecule has 10 heteroatoms. The lowest BCUT2D eigenvalue weighted by molar-refractivity contribution is -0.120. The number of aliphatic imine (C=N–C) groups is 1. The third kappa shape index (κ3) is 6.18. The summed E-state index contributed by atoms with van der Waals surface area (Å²) in [7, 11) is 5.31. The molecule has 31 heavy (non-hydrogen) atoms. The average Bonchev–Trinajstić information content (AvgIpc) is 3.16. The summed E-state index contributed by atoms with van der Waals surface area (Å²) in [4.78, 5) is 34.7. The van der Waals surface area contributed by atoms with E-state index in [1.807, 2.05) is 49.3 Å². The minimum absolute atomic E-state index is 0. The topological polar surface area (TPSA) is 86.1 Å². The normalized spacial score (nSPS) is 14.3. The molecule has 0 unspecified atom stereocenters. The monoisotopic (exact) mass is 539 g/mol. The van der Waals surface area contributed by atoms with Gasteiger partial charge in [-0.1, -0.05) is 12.1 Å². The van der Waals surface area contributed by atoms with E-state index in [9.17, 15) is 9.59 Å². The molecule has 168 valence electrons. The lowest BCUT2D eigenvalue weighted by atomic mass is 10.1. The van der Waals surface area contributed by atoms with Gasteiger partial charge in [-0.3, -0.25) is 14.3 Å². The molecule has 9 nitrogen and oxygen atoms in total. The van der Waals surface area contributed by atoms with Crippen molar-refractivity contribution >= 4 is 47.4 Å². The lowest BCUT2D eigenvalue weighted by Gasteiger charge is -2.35. The predicted molar refractivity (Wildman–Crippen MR) is 132 cm³/mol. The van der Waals surface area contributed by atoms with Crippen molar-refractivity contribution in [3.05, 3.63) is 47.8 Å². The van der Waals surface area contributed by atoms with E-state index in [1.165, 1.54) is 0 Å². The number of aromatic nitrogens is 2. The molecule has 0 bridgehead atoms. The first-order valence-corrected chi connectivity index (χ1v) is 10.0. The first-order chi connectivity index (χ1) is 14.4. The van der Waals surface area contributed by atoms with Crippen molar-refractivity contribution in [1.82, 2.24) is 24.9 Å². The average molecular weight is 539 g/mol. The van der Waals surface area contributed by atoms with Crippen molar-refractivity contribution in [2.45, 2.75) is 13.5 Å². The van der Waals surface area contributed by atoms with Crippen molar-refractivity contribution in [2.75, 3.05) is 45.2 Å². The van der Waals surface area contributed by atoms with Crippen LogP contribution in [0.25, 0.3) is 0 Å². The second-order valence-corrected chi connectivity index (χ2v) is 7.41. The smallest absolute Gasteiger partial charge is 0.253 e. The molecule has 2 amide bonds. The standard InChI is InChI=1S/C21H29N7O2.HI/c1-5-22-21(23-12-16-6-8-17(9-7-16)20(30)25(2)3)27-10-11-28(19(29)15-27)18-13-24-26(4)14-18;/h6-9,13-14H,5,10-12,15H2,1-4H3,(H,22,23);1H. The molecule has 3 rings (SSSR count). The summed E-state index contributed by atoms with van der Waals surface area (Å²) >= 11 is 0. The van der Waals surface area contributed by atoms with Crippen molar-refractivity contribution in [2.24, 2.45) is 12.0 Å². The van der Waals surface area contributed by atoms with Gasteiger partial charge < -0.3 is 20.0 Å². The Labute approximate surface area is 200 Å². The highest BCUT2D eigenvalue weighted by Crippen LogP contribution is 2.16. The van der Waals surface area contributed by atoms with Crippen LogP contribution in [0.3, 0.4) is 0 Å². The third-order valence-electron chi connectivity index (χ3n) is 4.88. The number of piperazine rings is 1. The first kappa shape index (κ1) is 24.6. The molecule has 0 saturated carbocycles. The highest BCUT2D eigenvalue weighted by molar-refractivity contribution is 14.0. The maximum atomic E-state index is 12.7. The molecule has 1 aromatic carbocycles. The number of hydrogen-bond donors (Lipinski definition) is 1. The zero-order valence-electron chi connectivity index (χ0n) is 18.4. The van der Waals surface area contributed by atoms with Gasteiger partial charge in [0.15, 0.2) is 5.96 Å². The van der Waals surface area contributed by atoms with Gasteiger partial charge in [-0.15, -0.1) is 24.0 Å². The number of amides is 2. The molecular formula is C21H30IN7O2. The van der Waals surface area contributed by atoms with Gasteiger partial charge in [0, 0.05) is 52.5 Å². The summed E-state index contributed by atoms with van der Waals surface area (Å²) in [5.41, 5.74) is 2.47. The largest absolute Gasteiger partial charge is 0.356 e. The first-order valence-electron chi connectivity index (χ1n) is 10.0. The maximum Gasteiger partial charge on any atom is 0.253 e. The van der Waals surface area contributed by atoms with Crippen LogP contribution in [-0.4, -0.2) is 77.6 Å². The molecule has 0 atom stereocenters. The fourth-order valence-corrected chi connectivity index (χ4v) is 3.28. The van der Waals surface area contributed by atoms with Gasteiger partial charge in [-0.25, -0.2) is 4.99 Å². The molecule has 2 aromatic rings. The van der Waals surface area contributed by atoms with Gasteiger partial charge in [0.1, 0.15) is 6.54 Å². The number of carbonyl (C=O) groups excluding carboxylic acids is 2. The lowest BCUT2D eigenvalue weighted by Crippen LogP contribution is -2.55. The van der Waals surface area contributed by atoms with Gasteiger partial charge >= 0.3 is 0 Å². The van der Waals surface area contributed by atoms with Crippen LogP contribution in [0.15, 0.2) is 41.7 Å². The quantitative estimate of drug-likeness (QED) is 0.354. The summed E-state index contributed by atoms with van der Waals surface area (Å²) in [5.74, 6) is 0.708. The Bertz CT molecular complexity index is 924. The Balaban J connectivity index is 0.00000341. The third-order valence-corrected chi connectivity index (χ3v) is 4.88. The molecular weight excluding hydrogens is 509 g/mol. The van der Waals surface area contributed by atoms with E-state index in [0.717, 1.165) is 11.3 Å².